The van der Waals surface area contributed by atoms with Crippen molar-refractivity contribution in [2.24, 2.45) is 0 Å². The number of thiocarbonyl (C=S) groups is 2. The fraction of sp³-hybridized carbons (Fsp3) is 0.315. The van der Waals surface area contributed by atoms with Gasteiger partial charge in [-0.25, -0.2) is 0 Å². The first-order valence-electron chi connectivity index (χ1n) is 23.6. The first kappa shape index (κ1) is 80.2. The van der Waals surface area contributed by atoms with E-state index in [9.17, 15) is 4.79 Å². The molecule has 1 aromatic heterocycles. The molecule has 0 saturated heterocycles. The molecule has 82 heavy (non-hydrogen) atoms. The van der Waals surface area contributed by atoms with E-state index in [4.69, 9.17) is 188 Å². The molecule has 11 nitrogen and oxygen atoms in total. The largest absolute Gasteiger partial charge is 0.505 e. The van der Waals surface area contributed by atoms with Crippen LogP contribution in [0.5, 0.6) is 17.2 Å². The zero-order chi connectivity index (χ0) is 63.5. The number of aliphatic hydroxyl groups is 2. The number of aromatic nitrogens is 2. The Bertz CT molecular complexity index is 2730. The third kappa shape index (κ3) is 29.7. The number of hydrogen-bond donors (Lipinski definition) is 5. The molecule has 0 spiro atoms. The predicted molar refractivity (Wildman–Crippen MR) is 363 cm³/mol. The molecule has 0 bridgehead atoms. The second-order valence-electron chi connectivity index (χ2n) is 17.1. The van der Waals surface area contributed by atoms with E-state index < -0.39 is 0 Å². The lowest BCUT2D eigenvalue weighted by Crippen LogP contribution is -2.25. The van der Waals surface area contributed by atoms with Crippen molar-refractivity contribution in [1.82, 2.24) is 24.9 Å². The Kier molecular flexibility index (Phi) is 40.5. The van der Waals surface area contributed by atoms with E-state index in [0.29, 0.717) is 92.7 Å². The van der Waals surface area contributed by atoms with Crippen LogP contribution in [0.1, 0.15) is 73.9 Å². The lowest BCUT2D eigenvalue weighted by atomic mass is 10.1. The van der Waals surface area contributed by atoms with Gasteiger partial charge in [-0.3, -0.25) is 4.79 Å². The monoisotopic (exact) mass is 1460 g/mol. The number of rotatable bonds is 8. The van der Waals surface area contributed by atoms with Gasteiger partial charge in [-0.05, 0) is 161 Å². The Morgan fingerprint density at radius 3 is 1.17 bits per heavy atom. The molecule has 6 aromatic rings. The Hall–Kier alpha value is -1.78. The Labute approximate surface area is 566 Å². The van der Waals surface area contributed by atoms with E-state index in [1.807, 2.05) is 58.9 Å². The van der Waals surface area contributed by atoms with Gasteiger partial charge in [-0.2, -0.15) is 0 Å². The number of thioether (sulfide) groups is 1. The molecular formula is C54H60Cl13N5O6S4. The number of benzene rings is 5. The zero-order valence-electron chi connectivity index (χ0n) is 45.9. The summed E-state index contributed by atoms with van der Waals surface area (Å²) in [6.45, 7) is 9.91. The molecule has 452 valence electrons. The second kappa shape index (κ2) is 41.4. The summed E-state index contributed by atoms with van der Waals surface area (Å²) < 4.78 is 5.83. The van der Waals surface area contributed by atoms with Gasteiger partial charge in [0, 0.05) is 47.2 Å². The number of nitrogens with zero attached hydrogens (tertiary/aromatic N) is 5. The molecule has 0 atom stereocenters. The number of ether oxygens (including phenoxy) is 1. The molecule has 0 fully saturated rings. The molecule has 1 heterocycles. The van der Waals surface area contributed by atoms with Gasteiger partial charge in [0.2, 0.25) is 0 Å². The molecule has 28 heteroatoms. The summed E-state index contributed by atoms with van der Waals surface area (Å²) in [6.07, 6.45) is 2.60. The highest BCUT2D eigenvalue weighted by atomic mass is 35.5. The second-order valence-corrected chi connectivity index (χ2v) is 24.7. The van der Waals surface area contributed by atoms with Crippen molar-refractivity contribution in [3.05, 3.63) is 161 Å². The highest BCUT2D eigenvalue weighted by molar-refractivity contribution is 8.13. The summed E-state index contributed by atoms with van der Waals surface area (Å²) in [5, 5.41) is 47.9. The molecule has 0 aliphatic rings. The van der Waals surface area contributed by atoms with E-state index in [1.54, 1.807) is 82.4 Å². The summed E-state index contributed by atoms with van der Waals surface area (Å²) in [7, 11) is 10.6. The minimum Gasteiger partial charge on any atom is -0.505 e. The number of phenolic OH excluding ortho intramolecular Hbond substituents is 2. The topological polar surface area (TPSA) is 143 Å². The van der Waals surface area contributed by atoms with Crippen LogP contribution in [0.3, 0.4) is 0 Å². The number of hydrogen-bond acceptors (Lipinski definition) is 12. The van der Waals surface area contributed by atoms with Crippen LogP contribution in [0.25, 0.3) is 0 Å². The Balaban J connectivity index is 0.000000948. The van der Waals surface area contributed by atoms with Crippen LogP contribution >= 0.6 is 200 Å². The van der Waals surface area contributed by atoms with E-state index in [-0.39, 0.29) is 40.0 Å². The van der Waals surface area contributed by atoms with Crippen molar-refractivity contribution in [1.29, 1.82) is 0 Å². The number of halogens is 13. The summed E-state index contributed by atoms with van der Waals surface area (Å²) in [4.78, 5) is 17.5. The van der Waals surface area contributed by atoms with E-state index in [0.717, 1.165) is 53.3 Å². The maximum Gasteiger partial charge on any atom is 0.286 e. The highest BCUT2D eigenvalue weighted by Gasteiger charge is 2.16. The lowest BCUT2D eigenvalue weighted by molar-refractivity contribution is 0.241. The van der Waals surface area contributed by atoms with Gasteiger partial charge in [0.05, 0.1) is 68.3 Å². The van der Waals surface area contributed by atoms with Crippen molar-refractivity contribution >= 4 is 215 Å². The van der Waals surface area contributed by atoms with Crippen LogP contribution in [0.2, 0.25) is 60.5 Å². The van der Waals surface area contributed by atoms with Crippen LogP contribution in [0, 0.1) is 0 Å². The van der Waals surface area contributed by atoms with Gasteiger partial charge in [-0.1, -0.05) is 185 Å². The summed E-state index contributed by atoms with van der Waals surface area (Å²) in [5.74, 6) is 0.561. The molecule has 0 radical (unpaired) electrons. The van der Waals surface area contributed by atoms with Crippen molar-refractivity contribution in [2.45, 2.75) is 82.8 Å². The maximum absolute atomic E-state index is 11.5. The fourth-order valence-electron chi connectivity index (χ4n) is 5.20. The van der Waals surface area contributed by atoms with Crippen LogP contribution < -0.4 is 4.74 Å². The molecule has 0 saturated carbocycles. The van der Waals surface area contributed by atoms with Gasteiger partial charge in [0.15, 0.2) is 32.0 Å². The lowest BCUT2D eigenvalue weighted by Gasteiger charge is -2.16. The number of phenols is 2. The van der Waals surface area contributed by atoms with Crippen LogP contribution in [0.15, 0.2) is 76.5 Å². The van der Waals surface area contributed by atoms with Crippen LogP contribution in [-0.2, 0) is 32.5 Å². The quantitative estimate of drug-likeness (QED) is 0.0325. The number of aromatic hydroxyl groups is 2. The van der Waals surface area contributed by atoms with Gasteiger partial charge in [-0.15, -0.1) is 22.8 Å². The van der Waals surface area contributed by atoms with Crippen molar-refractivity contribution in [3.8, 4) is 17.2 Å². The Morgan fingerprint density at radius 1 is 0.549 bits per heavy atom. The summed E-state index contributed by atoms with van der Waals surface area (Å²) in [5.41, 5.74) is 5.37. The van der Waals surface area contributed by atoms with Gasteiger partial charge in [0.1, 0.15) is 0 Å². The molecule has 0 aliphatic carbocycles. The SMILES string of the molecule is CC(C)c1cc(Cl)nnc1Cl.CCc1cc(Cl)c(O)c(Cl)c1.CCc1cc(Cl)c(OC(=S)N(C)C)c(Cl)c1.CCc1cc(Cl)c(SC(=O)N(C)C)c(Cl)c1.CN(C)C(=S)Cl.OCc1cc(Cl)c(O)c(Cl)c1.OCc1cc(Cl)c(S)c(Cl)c1. The van der Waals surface area contributed by atoms with Crippen molar-refractivity contribution < 1.29 is 30.0 Å². The summed E-state index contributed by atoms with van der Waals surface area (Å²) in [6, 6.07) is 18.7. The average Bonchev–Trinajstić information content (AvgIpc) is 3.41. The number of carbonyl (C=O) groups excluding carboxylic acids is 1. The number of aryl methyl sites for hydroxylation is 3. The van der Waals surface area contributed by atoms with Gasteiger partial charge < -0.3 is 39.9 Å². The predicted octanol–water partition coefficient (Wildman–Crippen LogP) is 20.3. The number of thiol groups is 1. The van der Waals surface area contributed by atoms with E-state index >= 15 is 0 Å². The zero-order valence-corrected chi connectivity index (χ0v) is 59.1. The number of carbonyl (C=O) groups is 1. The van der Waals surface area contributed by atoms with Gasteiger partial charge >= 0.3 is 0 Å². The fourth-order valence-corrected chi connectivity index (χ4v) is 9.52. The first-order chi connectivity index (χ1) is 38.1. The third-order valence-corrected chi connectivity index (χ3v) is 16.5. The highest BCUT2D eigenvalue weighted by Crippen LogP contribution is 2.38. The molecule has 0 unspecified atom stereocenters. The standard InChI is InChI=1S/2C11H13Cl2NOS.C8H8Cl2O.C7H8Cl2N2.C7H6Cl2O2.C7H6Cl2OS.C3H6ClNS/c1-4-7-5-8(12)10(9(13)6-7)16-11(15)14(2)3;1-4-7-5-8(12)10(9(13)6-7)15-11(16)14(2)3;1-2-5-3-6(9)8(11)7(10)4-5;1-4(2)5-3-6(8)10-11-7(5)9;2*8-5-1-4(3-10)2-6(9)7(5)11;1-5(2)3(4)6/h2*5-6H,4H2,1-3H3;3-4,11H,2H2,1H3;3-4H,1-2H3;2*1-2,10-11H,3H2;1-2H3. The maximum atomic E-state index is 11.5. The van der Waals surface area contributed by atoms with Crippen molar-refractivity contribution in [3.63, 3.8) is 0 Å². The minimum atomic E-state index is -0.148. The summed E-state index contributed by atoms with van der Waals surface area (Å²) >= 11 is 89.5. The van der Waals surface area contributed by atoms with Gasteiger partial charge in [0.25, 0.3) is 10.4 Å². The van der Waals surface area contributed by atoms with Crippen LogP contribution in [0.4, 0.5) is 4.79 Å². The van der Waals surface area contributed by atoms with Crippen molar-refractivity contribution in [2.75, 3.05) is 42.3 Å². The molecule has 1 amide bonds. The van der Waals surface area contributed by atoms with Crippen LogP contribution in [-0.4, -0.2) is 102 Å². The first-order valence-corrected chi connectivity index (χ1v) is 30.6. The number of amides is 1. The number of aliphatic hydroxyl groups excluding tert-OH is 2. The molecule has 5 aromatic carbocycles. The average molecular weight is 1460 g/mol. The van der Waals surface area contributed by atoms with E-state index in [1.165, 1.54) is 17.0 Å². The molecule has 4 N–H and O–H groups in total. The Morgan fingerprint density at radius 2 is 0.878 bits per heavy atom. The smallest absolute Gasteiger partial charge is 0.286 e. The normalized spacial score (nSPS) is 10.0. The third-order valence-electron chi connectivity index (χ3n) is 9.76. The molecule has 0 aliphatic heterocycles. The van der Waals surface area contributed by atoms with E-state index in [2.05, 4.69) is 35.0 Å². The minimum absolute atomic E-state index is 0.0365. The molecular weight excluding hydrogens is 1400 g/mol. The molecule has 6 rings (SSSR count).